The van der Waals surface area contributed by atoms with Gasteiger partial charge in [0.25, 0.3) is 0 Å². The molecule has 0 aromatic carbocycles. The molecule has 0 heterocycles. The molecule has 0 radical (unpaired) electrons. The van der Waals surface area contributed by atoms with Gasteiger partial charge in [-0.2, -0.15) is 0 Å². The lowest BCUT2D eigenvalue weighted by atomic mass is 10.5. The molecule has 0 aliphatic rings. The van der Waals surface area contributed by atoms with Crippen molar-refractivity contribution >= 4 is 7.82 Å². The van der Waals surface area contributed by atoms with E-state index in [4.69, 9.17) is 13.6 Å². The second-order valence-corrected chi connectivity index (χ2v) is 5.00. The van der Waals surface area contributed by atoms with Crippen molar-refractivity contribution in [3.05, 3.63) is 0 Å². The summed E-state index contributed by atoms with van der Waals surface area (Å²) in [6.07, 6.45) is 0. The molecule has 18 heavy (non-hydrogen) atoms. The first kappa shape index (κ1) is 17.9. The van der Waals surface area contributed by atoms with Crippen molar-refractivity contribution in [3.63, 3.8) is 0 Å². The molecule has 110 valence electrons. The topological polar surface area (TPSA) is 48.0 Å². The van der Waals surface area contributed by atoms with Crippen LogP contribution in [0.25, 0.3) is 0 Å². The van der Waals surface area contributed by atoms with Crippen LogP contribution in [0.3, 0.4) is 0 Å². The number of halogens is 2. The monoisotopic (exact) mass is 289 g/mol. The molecule has 0 aliphatic carbocycles. The van der Waals surface area contributed by atoms with E-state index in [1.165, 1.54) is 0 Å². The molecule has 5 nitrogen and oxygen atoms in total. The number of alkyl halides is 2. The van der Waals surface area contributed by atoms with Crippen LogP contribution in [0.5, 0.6) is 0 Å². The summed E-state index contributed by atoms with van der Waals surface area (Å²) in [6.45, 7) is 3.20. The second-order valence-electron chi connectivity index (χ2n) is 3.34. The van der Waals surface area contributed by atoms with Crippen LogP contribution in [0.15, 0.2) is 0 Å². The summed E-state index contributed by atoms with van der Waals surface area (Å²) in [5, 5.41) is 0. The highest BCUT2D eigenvalue weighted by Crippen LogP contribution is 2.48. The first-order valence-electron chi connectivity index (χ1n) is 5.99. The Morgan fingerprint density at radius 3 is 1.83 bits per heavy atom. The molecular formula is C10H22F2NO4P. The minimum atomic E-state index is -3.53. The third-order valence-electron chi connectivity index (χ3n) is 2.03. The van der Waals surface area contributed by atoms with Crippen LogP contribution in [0.1, 0.15) is 13.8 Å². The lowest BCUT2D eigenvalue weighted by molar-refractivity contribution is 0.106. The fourth-order valence-corrected chi connectivity index (χ4v) is 2.45. The molecule has 0 unspecified atom stereocenters. The van der Waals surface area contributed by atoms with E-state index in [1.807, 2.05) is 0 Å². The Balaban J connectivity index is 4.06. The maximum atomic E-state index is 12.2. The highest BCUT2D eigenvalue weighted by Gasteiger charge is 2.25. The van der Waals surface area contributed by atoms with Crippen molar-refractivity contribution in [2.75, 3.05) is 52.8 Å². The largest absolute Gasteiger partial charge is 0.474 e. The highest BCUT2D eigenvalue weighted by atomic mass is 31.2. The summed E-state index contributed by atoms with van der Waals surface area (Å²) in [7, 11) is -3.53. The molecule has 0 saturated carbocycles. The van der Waals surface area contributed by atoms with Crippen LogP contribution in [-0.4, -0.2) is 57.7 Å². The van der Waals surface area contributed by atoms with Crippen LogP contribution < -0.4 is 0 Å². The molecule has 0 atom stereocenters. The SMILES string of the molecule is CCOP(=O)(OCC)OCCN(CCF)CCF. The fraction of sp³-hybridized carbons (Fsp3) is 1.00. The molecule has 8 heteroatoms. The van der Waals surface area contributed by atoms with Gasteiger partial charge in [-0.3, -0.25) is 18.5 Å². The van der Waals surface area contributed by atoms with Gasteiger partial charge in [-0.05, 0) is 13.8 Å². The summed E-state index contributed by atoms with van der Waals surface area (Å²) in [4.78, 5) is 1.54. The Morgan fingerprint density at radius 2 is 1.44 bits per heavy atom. The maximum absolute atomic E-state index is 12.2. The number of rotatable bonds is 12. The van der Waals surface area contributed by atoms with E-state index in [0.717, 1.165) is 0 Å². The lowest BCUT2D eigenvalue weighted by Gasteiger charge is -2.21. The minimum absolute atomic E-state index is 0.0390. The van der Waals surface area contributed by atoms with Crippen LogP contribution in [0.2, 0.25) is 0 Å². The summed E-state index contributed by atoms with van der Waals surface area (Å²) >= 11 is 0. The van der Waals surface area contributed by atoms with E-state index < -0.39 is 21.2 Å². The Hall–Kier alpha value is -0.0700. The number of hydrogen-bond donors (Lipinski definition) is 0. The molecular weight excluding hydrogens is 267 g/mol. The zero-order chi connectivity index (χ0) is 13.9. The van der Waals surface area contributed by atoms with Gasteiger partial charge < -0.3 is 0 Å². The molecule has 0 bridgehead atoms. The van der Waals surface area contributed by atoms with Gasteiger partial charge >= 0.3 is 7.82 Å². The standard InChI is InChI=1S/C10H22F2NO4P/c1-3-15-18(14,16-4-2)17-10-9-13(7-5-11)8-6-12/h3-10H2,1-2H3. The number of phosphoric acid groups is 1. The summed E-state index contributed by atoms with van der Waals surface area (Å²) < 4.78 is 51.1. The zero-order valence-electron chi connectivity index (χ0n) is 10.9. The van der Waals surface area contributed by atoms with Crippen molar-refractivity contribution in [2.45, 2.75) is 13.8 Å². The predicted octanol–water partition coefficient (Wildman–Crippen LogP) is 2.43. The molecule has 0 aliphatic heterocycles. The second kappa shape index (κ2) is 10.8. The first-order valence-corrected chi connectivity index (χ1v) is 7.45. The molecule has 0 rings (SSSR count). The maximum Gasteiger partial charge on any atom is 0.474 e. The summed E-state index contributed by atoms with van der Waals surface area (Å²) in [6, 6.07) is 0. The van der Waals surface area contributed by atoms with E-state index in [2.05, 4.69) is 0 Å². The highest BCUT2D eigenvalue weighted by molar-refractivity contribution is 7.48. The van der Waals surface area contributed by atoms with E-state index in [9.17, 15) is 13.3 Å². The van der Waals surface area contributed by atoms with Crippen LogP contribution in [0.4, 0.5) is 8.78 Å². The van der Waals surface area contributed by atoms with E-state index in [1.54, 1.807) is 18.7 Å². The summed E-state index contributed by atoms with van der Waals surface area (Å²) in [5.41, 5.74) is 0. The smallest absolute Gasteiger partial charge is 0.296 e. The van der Waals surface area contributed by atoms with Crippen molar-refractivity contribution in [1.82, 2.24) is 4.90 Å². The predicted molar refractivity (Wildman–Crippen MR) is 65.2 cm³/mol. The Labute approximate surface area is 107 Å². The van der Waals surface area contributed by atoms with Gasteiger partial charge in [0.1, 0.15) is 13.3 Å². The van der Waals surface area contributed by atoms with E-state index >= 15 is 0 Å². The van der Waals surface area contributed by atoms with Crippen molar-refractivity contribution in [1.29, 1.82) is 0 Å². The molecule has 0 aromatic heterocycles. The molecule has 0 aromatic rings. The van der Waals surface area contributed by atoms with Gasteiger partial charge in [-0.25, -0.2) is 13.3 Å². The quantitative estimate of drug-likeness (QED) is 0.516. The molecule has 0 spiro atoms. The van der Waals surface area contributed by atoms with Gasteiger partial charge in [0.2, 0.25) is 0 Å². The van der Waals surface area contributed by atoms with E-state index in [-0.39, 0.29) is 39.5 Å². The van der Waals surface area contributed by atoms with Gasteiger partial charge in [0.05, 0.1) is 19.8 Å². The first-order chi connectivity index (χ1) is 8.61. The van der Waals surface area contributed by atoms with Gasteiger partial charge in [0, 0.05) is 19.6 Å². The van der Waals surface area contributed by atoms with Crippen LogP contribution >= 0.6 is 7.82 Å². The Kier molecular flexibility index (Phi) is 10.8. The van der Waals surface area contributed by atoms with Crippen LogP contribution in [0, 0.1) is 0 Å². The van der Waals surface area contributed by atoms with Crippen molar-refractivity contribution in [2.24, 2.45) is 0 Å². The number of phosphoric ester groups is 1. The normalized spacial score (nSPS) is 12.3. The van der Waals surface area contributed by atoms with Crippen molar-refractivity contribution < 1.29 is 26.9 Å². The average molecular weight is 289 g/mol. The van der Waals surface area contributed by atoms with Gasteiger partial charge in [0.15, 0.2) is 0 Å². The molecule has 0 amide bonds. The molecule has 0 N–H and O–H groups in total. The molecule has 0 fully saturated rings. The van der Waals surface area contributed by atoms with E-state index in [0.29, 0.717) is 0 Å². The Bertz CT molecular complexity index is 230. The van der Waals surface area contributed by atoms with Gasteiger partial charge in [-0.1, -0.05) is 0 Å². The third-order valence-corrected chi connectivity index (χ3v) is 3.68. The van der Waals surface area contributed by atoms with Crippen molar-refractivity contribution in [3.8, 4) is 0 Å². The number of nitrogens with zero attached hydrogens (tertiary/aromatic N) is 1. The lowest BCUT2D eigenvalue weighted by Crippen LogP contribution is -2.31. The minimum Gasteiger partial charge on any atom is -0.296 e. The van der Waals surface area contributed by atoms with Gasteiger partial charge in [-0.15, -0.1) is 0 Å². The Morgan fingerprint density at radius 1 is 0.944 bits per heavy atom. The fourth-order valence-electron chi connectivity index (χ4n) is 1.28. The summed E-state index contributed by atoms with van der Waals surface area (Å²) in [5.74, 6) is 0. The number of hydrogen-bond acceptors (Lipinski definition) is 5. The average Bonchev–Trinajstić information content (AvgIpc) is 2.30. The third kappa shape index (κ3) is 8.11. The molecule has 0 saturated heterocycles. The zero-order valence-corrected chi connectivity index (χ0v) is 11.8. The van der Waals surface area contributed by atoms with Crippen LogP contribution in [-0.2, 0) is 18.1 Å².